The molecule has 0 saturated heterocycles. The van der Waals surface area contributed by atoms with Gasteiger partial charge in [-0.25, -0.2) is 0 Å². The minimum atomic E-state index is 0.848. The van der Waals surface area contributed by atoms with Crippen molar-refractivity contribution in [2.45, 2.75) is 77.8 Å². The van der Waals surface area contributed by atoms with Crippen LogP contribution in [0.15, 0.2) is 6.07 Å². The maximum Gasteiger partial charge on any atom is 0.0624 e. The fraction of sp³-hybridized carbons (Fsp3) is 0.833. The van der Waals surface area contributed by atoms with E-state index in [1.54, 1.807) is 0 Å². The number of aryl methyl sites for hydroxylation is 2. The zero-order valence-electron chi connectivity index (χ0n) is 13.8. The average molecular weight is 289 g/mol. The summed E-state index contributed by atoms with van der Waals surface area (Å²) in [5.41, 5.74) is 2.73. The molecule has 0 aromatic carbocycles. The van der Waals surface area contributed by atoms with Crippen molar-refractivity contribution in [2.24, 2.45) is 11.8 Å². The Kier molecular flexibility index (Phi) is 4.99. The molecule has 1 heterocycles. The molecule has 0 bridgehead atoms. The molecule has 2 saturated carbocycles. The van der Waals surface area contributed by atoms with Gasteiger partial charge in [0, 0.05) is 18.3 Å². The van der Waals surface area contributed by atoms with Gasteiger partial charge in [0.25, 0.3) is 0 Å². The van der Waals surface area contributed by atoms with Crippen LogP contribution >= 0.6 is 0 Å². The van der Waals surface area contributed by atoms with E-state index in [1.165, 1.54) is 62.9 Å². The first-order chi connectivity index (χ1) is 10.3. The van der Waals surface area contributed by atoms with E-state index in [0.29, 0.717) is 0 Å². The molecule has 2 fully saturated rings. The van der Waals surface area contributed by atoms with Gasteiger partial charge in [-0.2, -0.15) is 5.10 Å². The molecule has 0 aliphatic heterocycles. The Balaban J connectivity index is 1.63. The molecule has 0 amide bonds. The molecule has 2 aliphatic carbocycles. The van der Waals surface area contributed by atoms with E-state index in [0.717, 1.165) is 30.8 Å². The second-order valence-corrected chi connectivity index (χ2v) is 6.99. The predicted octanol–water partition coefficient (Wildman–Crippen LogP) is 3.57. The molecule has 0 spiro atoms. The Hall–Kier alpha value is -0.830. The van der Waals surface area contributed by atoms with Crippen LogP contribution in [0.5, 0.6) is 0 Å². The molecule has 3 rings (SSSR count). The van der Waals surface area contributed by atoms with Crippen molar-refractivity contribution in [3.8, 4) is 0 Å². The highest BCUT2D eigenvalue weighted by molar-refractivity contribution is 5.11. The van der Waals surface area contributed by atoms with Crippen molar-refractivity contribution in [3.05, 3.63) is 17.5 Å². The average Bonchev–Trinajstić information content (AvgIpc) is 3.26. The first kappa shape index (κ1) is 15.1. The Labute approximate surface area is 129 Å². The van der Waals surface area contributed by atoms with Crippen LogP contribution in [0.25, 0.3) is 0 Å². The normalized spacial score (nSPS) is 26.2. The second-order valence-electron chi connectivity index (χ2n) is 6.99. The van der Waals surface area contributed by atoms with E-state index in [-0.39, 0.29) is 0 Å². The van der Waals surface area contributed by atoms with Crippen LogP contribution in [0.3, 0.4) is 0 Å². The highest BCUT2D eigenvalue weighted by atomic mass is 15.3. The van der Waals surface area contributed by atoms with Gasteiger partial charge in [0.1, 0.15) is 0 Å². The van der Waals surface area contributed by atoms with Crippen LogP contribution in [-0.4, -0.2) is 22.4 Å². The van der Waals surface area contributed by atoms with Crippen molar-refractivity contribution in [1.29, 1.82) is 0 Å². The van der Waals surface area contributed by atoms with Gasteiger partial charge in [-0.1, -0.05) is 19.8 Å². The third kappa shape index (κ3) is 3.88. The second kappa shape index (κ2) is 6.95. The van der Waals surface area contributed by atoms with Gasteiger partial charge in [0.2, 0.25) is 0 Å². The molecule has 21 heavy (non-hydrogen) atoms. The highest BCUT2D eigenvalue weighted by Crippen LogP contribution is 2.33. The third-order valence-corrected chi connectivity index (χ3v) is 5.36. The number of hydrogen-bond donors (Lipinski definition) is 1. The Morgan fingerprint density at radius 3 is 2.57 bits per heavy atom. The molecule has 118 valence electrons. The number of nitrogens with one attached hydrogen (secondary N) is 1. The van der Waals surface area contributed by atoms with Crippen molar-refractivity contribution >= 4 is 0 Å². The predicted molar refractivity (Wildman–Crippen MR) is 87.5 cm³/mol. The smallest absolute Gasteiger partial charge is 0.0624 e. The summed E-state index contributed by atoms with van der Waals surface area (Å²) in [5.74, 6) is 1.74. The van der Waals surface area contributed by atoms with Gasteiger partial charge in [0.05, 0.1) is 5.69 Å². The van der Waals surface area contributed by atoms with Crippen LogP contribution in [0.4, 0.5) is 0 Å². The van der Waals surface area contributed by atoms with Crippen molar-refractivity contribution in [2.75, 3.05) is 6.54 Å². The van der Waals surface area contributed by atoms with Crippen LogP contribution < -0.4 is 5.32 Å². The first-order valence-corrected chi connectivity index (χ1v) is 9.09. The Morgan fingerprint density at radius 2 is 1.90 bits per heavy atom. The van der Waals surface area contributed by atoms with Crippen molar-refractivity contribution in [3.63, 3.8) is 0 Å². The molecule has 2 unspecified atom stereocenters. The summed E-state index contributed by atoms with van der Waals surface area (Å²) in [7, 11) is 0. The minimum Gasteiger partial charge on any atom is -0.314 e. The molecule has 1 N–H and O–H groups in total. The maximum atomic E-state index is 4.72. The first-order valence-electron chi connectivity index (χ1n) is 9.09. The molecule has 3 heteroatoms. The largest absolute Gasteiger partial charge is 0.314 e. The van der Waals surface area contributed by atoms with Gasteiger partial charge >= 0.3 is 0 Å². The molecule has 2 aliphatic rings. The summed E-state index contributed by atoms with van der Waals surface area (Å²) in [6.07, 6.45) is 10.8. The lowest BCUT2D eigenvalue weighted by atomic mass is 9.76. The Bertz CT molecular complexity index is 447. The topological polar surface area (TPSA) is 29.9 Å². The number of aromatic nitrogens is 2. The quantitative estimate of drug-likeness (QED) is 0.831. The van der Waals surface area contributed by atoms with Crippen molar-refractivity contribution < 1.29 is 0 Å². The minimum absolute atomic E-state index is 0.848. The molecule has 0 radical (unpaired) electrons. The molecular formula is C18H31N3. The van der Waals surface area contributed by atoms with Crippen molar-refractivity contribution in [1.82, 2.24) is 15.1 Å². The number of nitrogens with zero attached hydrogens (tertiary/aromatic N) is 2. The lowest BCUT2D eigenvalue weighted by molar-refractivity contribution is 0.224. The summed E-state index contributed by atoms with van der Waals surface area (Å²) in [4.78, 5) is 0. The lowest BCUT2D eigenvalue weighted by Crippen LogP contribution is -2.33. The van der Waals surface area contributed by atoms with Gasteiger partial charge in [-0.05, 0) is 69.9 Å². The van der Waals surface area contributed by atoms with Crippen LogP contribution in [0.2, 0.25) is 0 Å². The van der Waals surface area contributed by atoms with E-state index < -0.39 is 0 Å². The van der Waals surface area contributed by atoms with E-state index >= 15 is 0 Å². The summed E-state index contributed by atoms with van der Waals surface area (Å²) in [6, 6.07) is 3.20. The zero-order chi connectivity index (χ0) is 14.7. The van der Waals surface area contributed by atoms with E-state index in [2.05, 4.69) is 29.9 Å². The van der Waals surface area contributed by atoms with Crippen LogP contribution in [0, 0.1) is 11.8 Å². The molecule has 1 aromatic heterocycles. The highest BCUT2D eigenvalue weighted by Gasteiger charge is 2.28. The molecule has 3 nitrogen and oxygen atoms in total. The van der Waals surface area contributed by atoms with E-state index in [9.17, 15) is 0 Å². The van der Waals surface area contributed by atoms with Gasteiger partial charge < -0.3 is 5.32 Å². The monoisotopic (exact) mass is 289 g/mol. The molecular weight excluding hydrogens is 258 g/mol. The fourth-order valence-electron chi connectivity index (χ4n) is 3.82. The van der Waals surface area contributed by atoms with Crippen LogP contribution in [-0.2, 0) is 19.4 Å². The van der Waals surface area contributed by atoms with E-state index in [1.807, 2.05) is 0 Å². The van der Waals surface area contributed by atoms with Gasteiger partial charge in [-0.15, -0.1) is 0 Å². The van der Waals surface area contributed by atoms with Gasteiger partial charge in [-0.3, -0.25) is 4.68 Å². The summed E-state index contributed by atoms with van der Waals surface area (Å²) in [5, 5.41) is 8.49. The lowest BCUT2D eigenvalue weighted by Gasteiger charge is -2.32. The number of rotatable bonds is 7. The van der Waals surface area contributed by atoms with Gasteiger partial charge in [0.15, 0.2) is 0 Å². The number of hydrogen-bond acceptors (Lipinski definition) is 2. The summed E-state index contributed by atoms with van der Waals surface area (Å²) < 4.78 is 2.23. The van der Waals surface area contributed by atoms with Crippen LogP contribution in [0.1, 0.15) is 63.8 Å². The summed E-state index contributed by atoms with van der Waals surface area (Å²) >= 11 is 0. The molecule has 1 aromatic rings. The maximum absolute atomic E-state index is 4.72. The zero-order valence-corrected chi connectivity index (χ0v) is 13.8. The SMILES string of the molecule is CCc1cc(CC2CCCCC2CNC2CC2)n(CC)n1. The standard InChI is InChI=1S/C18H31N3/c1-3-16-12-18(21(4-2)20-16)11-14-7-5-6-8-15(14)13-19-17-9-10-17/h12,14-15,17,19H,3-11,13H2,1-2H3. The van der Waals surface area contributed by atoms with E-state index in [4.69, 9.17) is 5.10 Å². The Morgan fingerprint density at radius 1 is 1.14 bits per heavy atom. The third-order valence-electron chi connectivity index (χ3n) is 5.36. The molecule has 2 atom stereocenters. The summed E-state index contributed by atoms with van der Waals surface area (Å²) in [6.45, 7) is 6.67. The fourth-order valence-corrected chi connectivity index (χ4v) is 3.82.